The molecule has 1 amide bonds. The Balaban J connectivity index is 2.10. The van der Waals surface area contributed by atoms with Crippen LogP contribution in [0, 0.1) is 5.92 Å². The lowest BCUT2D eigenvalue weighted by molar-refractivity contribution is -0.148. The summed E-state index contributed by atoms with van der Waals surface area (Å²) < 4.78 is 10.2. The highest BCUT2D eigenvalue weighted by atomic mass is 16.5. The SMILES string of the molecule is COC(=O)[C@@H](NC(=O)[C@H](OC)c1ccccc1)C1CCCCC1. The maximum absolute atomic E-state index is 12.6. The minimum atomic E-state index is -0.730. The van der Waals surface area contributed by atoms with Crippen molar-refractivity contribution in [2.75, 3.05) is 14.2 Å². The van der Waals surface area contributed by atoms with Crippen molar-refractivity contribution in [3.05, 3.63) is 35.9 Å². The first-order valence-electron chi connectivity index (χ1n) is 8.13. The van der Waals surface area contributed by atoms with Crippen molar-refractivity contribution in [1.82, 2.24) is 5.32 Å². The Morgan fingerprint density at radius 3 is 2.30 bits per heavy atom. The number of hydrogen-bond acceptors (Lipinski definition) is 4. The first kappa shape index (κ1) is 17.5. The van der Waals surface area contributed by atoms with E-state index in [1.165, 1.54) is 20.6 Å². The average molecular weight is 319 g/mol. The Labute approximate surface area is 137 Å². The van der Waals surface area contributed by atoms with E-state index < -0.39 is 12.1 Å². The van der Waals surface area contributed by atoms with E-state index in [0.29, 0.717) is 0 Å². The van der Waals surface area contributed by atoms with Gasteiger partial charge in [0.2, 0.25) is 0 Å². The Morgan fingerprint density at radius 1 is 1.09 bits per heavy atom. The largest absolute Gasteiger partial charge is 0.467 e. The number of ether oxygens (including phenoxy) is 2. The molecule has 2 atom stereocenters. The molecule has 1 aromatic rings. The highest BCUT2D eigenvalue weighted by Crippen LogP contribution is 2.27. The highest BCUT2D eigenvalue weighted by molar-refractivity contribution is 5.87. The fourth-order valence-electron chi connectivity index (χ4n) is 3.21. The lowest BCUT2D eigenvalue weighted by Gasteiger charge is -2.30. The van der Waals surface area contributed by atoms with Gasteiger partial charge < -0.3 is 14.8 Å². The molecule has 1 aliphatic rings. The lowest BCUT2D eigenvalue weighted by atomic mass is 9.83. The first-order valence-corrected chi connectivity index (χ1v) is 8.13. The van der Waals surface area contributed by atoms with E-state index in [0.717, 1.165) is 31.2 Å². The van der Waals surface area contributed by atoms with E-state index in [1.807, 2.05) is 30.3 Å². The predicted octanol–water partition coefficient (Wildman–Crippen LogP) is 2.61. The smallest absolute Gasteiger partial charge is 0.328 e. The number of amides is 1. The second kappa shape index (κ2) is 8.67. The summed E-state index contributed by atoms with van der Waals surface area (Å²) >= 11 is 0. The molecule has 1 aromatic carbocycles. The van der Waals surface area contributed by atoms with Crippen LogP contribution in [0.15, 0.2) is 30.3 Å². The number of methoxy groups -OCH3 is 2. The predicted molar refractivity (Wildman–Crippen MR) is 86.7 cm³/mol. The van der Waals surface area contributed by atoms with Crippen LogP contribution in [0.3, 0.4) is 0 Å². The Bertz CT molecular complexity index is 511. The summed E-state index contributed by atoms with van der Waals surface area (Å²) in [4.78, 5) is 24.7. The Hall–Kier alpha value is -1.88. The van der Waals surface area contributed by atoms with Gasteiger partial charge in [-0.05, 0) is 24.3 Å². The maximum Gasteiger partial charge on any atom is 0.328 e. The number of carbonyl (C=O) groups is 2. The van der Waals surface area contributed by atoms with Crippen LogP contribution in [-0.4, -0.2) is 32.1 Å². The van der Waals surface area contributed by atoms with Gasteiger partial charge in [-0.2, -0.15) is 0 Å². The summed E-state index contributed by atoms with van der Waals surface area (Å²) in [7, 11) is 2.85. The van der Waals surface area contributed by atoms with Crippen LogP contribution in [0.2, 0.25) is 0 Å². The number of hydrogen-bond donors (Lipinski definition) is 1. The molecular formula is C18H25NO4. The van der Waals surface area contributed by atoms with Crippen LogP contribution in [0.25, 0.3) is 0 Å². The van der Waals surface area contributed by atoms with Gasteiger partial charge in [-0.1, -0.05) is 49.6 Å². The molecule has 1 fully saturated rings. The van der Waals surface area contributed by atoms with Crippen molar-refractivity contribution in [3.8, 4) is 0 Å². The van der Waals surface area contributed by atoms with Gasteiger partial charge in [0.15, 0.2) is 6.10 Å². The van der Waals surface area contributed by atoms with Gasteiger partial charge in [-0.25, -0.2) is 4.79 Å². The van der Waals surface area contributed by atoms with Crippen LogP contribution >= 0.6 is 0 Å². The van der Waals surface area contributed by atoms with Gasteiger partial charge >= 0.3 is 5.97 Å². The minimum Gasteiger partial charge on any atom is -0.467 e. The molecule has 1 aliphatic carbocycles. The molecule has 1 N–H and O–H groups in total. The van der Waals surface area contributed by atoms with Gasteiger partial charge in [0.05, 0.1) is 7.11 Å². The average Bonchev–Trinajstić information content (AvgIpc) is 2.61. The van der Waals surface area contributed by atoms with E-state index in [9.17, 15) is 9.59 Å². The molecule has 0 spiro atoms. The van der Waals surface area contributed by atoms with Crippen molar-refractivity contribution in [2.24, 2.45) is 5.92 Å². The van der Waals surface area contributed by atoms with Crippen LogP contribution < -0.4 is 5.32 Å². The molecule has 126 valence electrons. The molecule has 0 heterocycles. The summed E-state index contributed by atoms with van der Waals surface area (Å²) in [6.45, 7) is 0. The summed E-state index contributed by atoms with van der Waals surface area (Å²) in [5.74, 6) is -0.554. The molecule has 0 aliphatic heterocycles. The molecular weight excluding hydrogens is 294 g/mol. The monoisotopic (exact) mass is 319 g/mol. The molecule has 0 aromatic heterocycles. The third-order valence-corrected chi connectivity index (χ3v) is 4.45. The molecule has 0 unspecified atom stereocenters. The number of nitrogens with one attached hydrogen (secondary N) is 1. The van der Waals surface area contributed by atoms with E-state index in [-0.39, 0.29) is 17.8 Å². The van der Waals surface area contributed by atoms with E-state index in [1.54, 1.807) is 0 Å². The van der Waals surface area contributed by atoms with E-state index in [4.69, 9.17) is 9.47 Å². The number of esters is 1. The summed E-state index contributed by atoms with van der Waals surface area (Å²) in [6, 6.07) is 8.66. The Kier molecular flexibility index (Phi) is 6.59. The van der Waals surface area contributed by atoms with E-state index >= 15 is 0 Å². The third-order valence-electron chi connectivity index (χ3n) is 4.45. The normalized spacial score (nSPS) is 18.0. The van der Waals surface area contributed by atoms with Crippen LogP contribution in [0.4, 0.5) is 0 Å². The highest BCUT2D eigenvalue weighted by Gasteiger charge is 2.33. The van der Waals surface area contributed by atoms with Crippen molar-refractivity contribution in [3.63, 3.8) is 0 Å². The van der Waals surface area contributed by atoms with Crippen molar-refractivity contribution >= 4 is 11.9 Å². The van der Waals surface area contributed by atoms with Gasteiger partial charge in [-0.3, -0.25) is 4.79 Å². The van der Waals surface area contributed by atoms with Crippen molar-refractivity contribution in [1.29, 1.82) is 0 Å². The van der Waals surface area contributed by atoms with Gasteiger partial charge in [0.25, 0.3) is 5.91 Å². The fourth-order valence-corrected chi connectivity index (χ4v) is 3.21. The van der Waals surface area contributed by atoms with Crippen LogP contribution in [-0.2, 0) is 19.1 Å². The van der Waals surface area contributed by atoms with Gasteiger partial charge in [-0.15, -0.1) is 0 Å². The standard InChI is InChI=1S/C18H25NO4/c1-22-16(14-11-7-4-8-12-14)17(20)19-15(18(21)23-2)13-9-5-3-6-10-13/h4,7-8,11-13,15-16H,3,5-6,9-10H2,1-2H3,(H,19,20)/t15-,16+/m0/s1. The molecule has 1 saturated carbocycles. The molecule has 0 saturated heterocycles. The number of benzene rings is 1. The topological polar surface area (TPSA) is 64.6 Å². The molecule has 5 nitrogen and oxygen atoms in total. The number of rotatable bonds is 6. The van der Waals surface area contributed by atoms with Gasteiger partial charge in [0, 0.05) is 7.11 Å². The first-order chi connectivity index (χ1) is 11.2. The molecule has 23 heavy (non-hydrogen) atoms. The zero-order valence-electron chi connectivity index (χ0n) is 13.8. The summed E-state index contributed by atoms with van der Waals surface area (Å²) in [5, 5.41) is 2.85. The zero-order chi connectivity index (χ0) is 16.7. The Morgan fingerprint density at radius 2 is 1.74 bits per heavy atom. The minimum absolute atomic E-state index is 0.133. The van der Waals surface area contributed by atoms with E-state index in [2.05, 4.69) is 5.32 Å². The lowest BCUT2D eigenvalue weighted by Crippen LogP contribution is -2.48. The van der Waals surface area contributed by atoms with Crippen LogP contribution in [0.1, 0.15) is 43.8 Å². The van der Waals surface area contributed by atoms with Gasteiger partial charge in [0.1, 0.15) is 6.04 Å². The number of carbonyl (C=O) groups excluding carboxylic acids is 2. The van der Waals surface area contributed by atoms with Crippen molar-refractivity contribution < 1.29 is 19.1 Å². The quantitative estimate of drug-likeness (QED) is 0.819. The maximum atomic E-state index is 12.6. The second-order valence-electron chi connectivity index (χ2n) is 5.93. The summed E-state index contributed by atoms with van der Waals surface area (Å²) in [6.07, 6.45) is 4.49. The molecule has 0 bridgehead atoms. The summed E-state index contributed by atoms with van der Waals surface area (Å²) in [5.41, 5.74) is 0.764. The second-order valence-corrected chi connectivity index (χ2v) is 5.93. The molecule has 2 rings (SSSR count). The van der Waals surface area contributed by atoms with Crippen molar-refractivity contribution in [2.45, 2.75) is 44.2 Å². The fraction of sp³-hybridized carbons (Fsp3) is 0.556. The zero-order valence-corrected chi connectivity index (χ0v) is 13.8. The molecule has 0 radical (unpaired) electrons. The van der Waals surface area contributed by atoms with Crippen LogP contribution in [0.5, 0.6) is 0 Å². The molecule has 5 heteroatoms. The third kappa shape index (κ3) is 4.55.